The van der Waals surface area contributed by atoms with Crippen LogP contribution < -0.4 is 11.3 Å². The van der Waals surface area contributed by atoms with Crippen LogP contribution in [0.1, 0.15) is 25.2 Å². The van der Waals surface area contributed by atoms with E-state index in [0.29, 0.717) is 10.5 Å². The number of nitrogens with two attached hydrogens (primary N) is 1. The van der Waals surface area contributed by atoms with Crippen molar-refractivity contribution < 1.29 is 0 Å². The highest BCUT2D eigenvalue weighted by Gasteiger charge is 2.31. The van der Waals surface area contributed by atoms with E-state index in [0.717, 1.165) is 29.4 Å². The zero-order valence-corrected chi connectivity index (χ0v) is 14.6. The molecule has 114 valence electrons. The number of hydrogen-bond donors (Lipinski definition) is 2. The molecule has 0 aliphatic carbocycles. The van der Waals surface area contributed by atoms with E-state index in [9.17, 15) is 0 Å². The van der Waals surface area contributed by atoms with Crippen LogP contribution in [-0.2, 0) is 13.0 Å². The van der Waals surface area contributed by atoms with Gasteiger partial charge in [0.25, 0.3) is 0 Å². The minimum Gasteiger partial charge on any atom is -0.271 e. The molecule has 1 aliphatic rings. The lowest BCUT2D eigenvalue weighted by atomic mass is 10.1. The molecule has 3 atom stereocenters. The normalized spacial score (nSPS) is 24.9. The molecule has 20 heavy (non-hydrogen) atoms. The van der Waals surface area contributed by atoms with Crippen LogP contribution >= 0.6 is 35.1 Å². The maximum Gasteiger partial charge on any atom is 0.0847 e. The number of rotatable bonds is 5. The predicted molar refractivity (Wildman–Crippen MR) is 90.6 cm³/mol. The number of thioether (sulfide) groups is 2. The highest BCUT2D eigenvalue weighted by atomic mass is 35.5. The number of aromatic nitrogens is 2. The Morgan fingerprint density at radius 2 is 2.20 bits per heavy atom. The summed E-state index contributed by atoms with van der Waals surface area (Å²) in [4.78, 5) is 0. The van der Waals surface area contributed by atoms with Crippen LogP contribution in [0.4, 0.5) is 0 Å². The summed E-state index contributed by atoms with van der Waals surface area (Å²) in [7, 11) is 0. The molecule has 0 saturated carbocycles. The van der Waals surface area contributed by atoms with Gasteiger partial charge in [-0.15, -0.1) is 0 Å². The van der Waals surface area contributed by atoms with Crippen molar-refractivity contribution >= 4 is 35.1 Å². The van der Waals surface area contributed by atoms with Crippen LogP contribution in [0.3, 0.4) is 0 Å². The molecule has 2 rings (SSSR count). The average Bonchev–Trinajstić information content (AvgIpc) is 2.73. The number of hydrogen-bond acceptors (Lipinski definition) is 5. The summed E-state index contributed by atoms with van der Waals surface area (Å²) in [5.74, 6) is 8.24. The maximum atomic E-state index is 6.41. The van der Waals surface area contributed by atoms with E-state index < -0.39 is 0 Å². The Morgan fingerprint density at radius 1 is 1.50 bits per heavy atom. The lowest BCUT2D eigenvalue weighted by Crippen LogP contribution is -2.49. The van der Waals surface area contributed by atoms with Crippen molar-refractivity contribution in [3.63, 3.8) is 0 Å². The minimum atomic E-state index is 0.224. The molecule has 0 spiro atoms. The van der Waals surface area contributed by atoms with E-state index >= 15 is 0 Å². The second kappa shape index (κ2) is 7.40. The average molecular weight is 335 g/mol. The van der Waals surface area contributed by atoms with Crippen molar-refractivity contribution in [2.75, 3.05) is 11.5 Å². The molecule has 0 aromatic carbocycles. The summed E-state index contributed by atoms with van der Waals surface area (Å²) < 4.78 is 1.99. The maximum absolute atomic E-state index is 6.41. The number of halogens is 1. The van der Waals surface area contributed by atoms with Crippen molar-refractivity contribution in [3.8, 4) is 0 Å². The third-order valence-electron chi connectivity index (χ3n) is 3.71. The Labute approximate surface area is 134 Å². The monoisotopic (exact) mass is 334 g/mol. The summed E-state index contributed by atoms with van der Waals surface area (Å²) in [6.45, 7) is 7.17. The fourth-order valence-electron chi connectivity index (χ4n) is 2.63. The summed E-state index contributed by atoms with van der Waals surface area (Å²) in [5, 5.41) is 6.38. The molecular formula is C13H23ClN4S2. The largest absolute Gasteiger partial charge is 0.271 e. The molecule has 3 N–H and O–H groups in total. The van der Waals surface area contributed by atoms with E-state index in [1.165, 1.54) is 11.5 Å². The molecule has 4 nitrogen and oxygen atoms in total. The Morgan fingerprint density at radius 3 is 2.80 bits per heavy atom. The number of nitrogens with zero attached hydrogens (tertiary/aromatic N) is 2. The third kappa shape index (κ3) is 3.47. The lowest BCUT2D eigenvalue weighted by Gasteiger charge is -2.34. The van der Waals surface area contributed by atoms with Gasteiger partial charge in [0, 0.05) is 41.0 Å². The van der Waals surface area contributed by atoms with Crippen molar-refractivity contribution in [3.05, 3.63) is 16.4 Å². The molecule has 1 aromatic rings. The van der Waals surface area contributed by atoms with Crippen molar-refractivity contribution in [2.24, 2.45) is 5.84 Å². The van der Waals surface area contributed by atoms with Crippen LogP contribution in [0.15, 0.2) is 0 Å². The van der Waals surface area contributed by atoms with Crippen LogP contribution in [0, 0.1) is 6.92 Å². The zero-order chi connectivity index (χ0) is 14.7. The highest BCUT2D eigenvalue weighted by Crippen LogP contribution is 2.34. The molecule has 1 aliphatic heterocycles. The van der Waals surface area contributed by atoms with Gasteiger partial charge in [0.05, 0.1) is 16.4 Å². The molecule has 7 heteroatoms. The number of aryl methyl sites for hydroxylation is 2. The number of nitrogens with one attached hydrogen (secondary N) is 1. The van der Waals surface area contributed by atoms with Crippen LogP contribution in [0.5, 0.6) is 0 Å². The van der Waals surface area contributed by atoms with Crippen molar-refractivity contribution in [1.82, 2.24) is 15.2 Å². The Bertz CT molecular complexity index is 452. The van der Waals surface area contributed by atoms with Crippen LogP contribution in [0.2, 0.25) is 5.02 Å². The zero-order valence-electron chi connectivity index (χ0n) is 12.2. The van der Waals surface area contributed by atoms with Gasteiger partial charge in [0.1, 0.15) is 0 Å². The van der Waals surface area contributed by atoms with Gasteiger partial charge in [-0.1, -0.05) is 18.5 Å². The lowest BCUT2D eigenvalue weighted by molar-refractivity contribution is 0.480. The topological polar surface area (TPSA) is 55.9 Å². The molecular weight excluding hydrogens is 312 g/mol. The standard InChI is InChI=1S/C13H23ClN4S2/c1-4-18-11(12(14)8(2)17-18)7-10(16-15)13-9(3)19-5-6-20-13/h9-10,13,16H,4-7,15H2,1-3H3. The first-order chi connectivity index (χ1) is 9.58. The van der Waals surface area contributed by atoms with Crippen LogP contribution in [0.25, 0.3) is 0 Å². The predicted octanol–water partition coefficient (Wildman–Crippen LogP) is 2.48. The quantitative estimate of drug-likeness (QED) is 0.640. The van der Waals surface area contributed by atoms with Gasteiger partial charge < -0.3 is 0 Å². The SMILES string of the molecule is CCn1nc(C)c(Cl)c1CC(NN)C1SCCSC1C. The van der Waals surface area contributed by atoms with Gasteiger partial charge >= 0.3 is 0 Å². The van der Waals surface area contributed by atoms with Gasteiger partial charge in [-0.05, 0) is 13.8 Å². The molecule has 1 saturated heterocycles. The Hall–Kier alpha value is 0.120. The van der Waals surface area contributed by atoms with Gasteiger partial charge in [-0.3, -0.25) is 16.0 Å². The first-order valence-corrected chi connectivity index (χ1v) is 9.47. The van der Waals surface area contributed by atoms with Crippen LogP contribution in [-0.4, -0.2) is 37.8 Å². The molecule has 0 bridgehead atoms. The Kier molecular flexibility index (Phi) is 6.10. The van der Waals surface area contributed by atoms with E-state index in [2.05, 4.69) is 24.4 Å². The van der Waals surface area contributed by atoms with Crippen molar-refractivity contribution in [1.29, 1.82) is 0 Å². The van der Waals surface area contributed by atoms with E-state index in [1.54, 1.807) is 0 Å². The second-order valence-corrected chi connectivity index (χ2v) is 8.20. The summed E-state index contributed by atoms with van der Waals surface area (Å²) in [5.41, 5.74) is 5.00. The highest BCUT2D eigenvalue weighted by molar-refractivity contribution is 8.07. The summed E-state index contributed by atoms with van der Waals surface area (Å²) in [6.07, 6.45) is 0.826. The molecule has 1 fully saturated rings. The molecule has 0 amide bonds. The second-order valence-electron chi connectivity index (χ2n) is 5.05. The summed E-state index contributed by atoms with van der Waals surface area (Å²) in [6, 6.07) is 0.224. The minimum absolute atomic E-state index is 0.224. The van der Waals surface area contributed by atoms with E-state index in [4.69, 9.17) is 17.4 Å². The fourth-order valence-corrected chi connectivity index (χ4v) is 5.79. The number of hydrazine groups is 1. The van der Waals surface area contributed by atoms with Gasteiger partial charge in [-0.25, -0.2) is 0 Å². The smallest absolute Gasteiger partial charge is 0.0847 e. The van der Waals surface area contributed by atoms with Gasteiger partial charge in [-0.2, -0.15) is 28.6 Å². The van der Waals surface area contributed by atoms with Gasteiger partial charge in [0.2, 0.25) is 0 Å². The van der Waals surface area contributed by atoms with Gasteiger partial charge in [0.15, 0.2) is 0 Å². The first kappa shape index (κ1) is 16.5. The first-order valence-electron chi connectivity index (χ1n) is 6.99. The molecule has 3 unspecified atom stereocenters. The van der Waals surface area contributed by atoms with Crippen molar-refractivity contribution in [2.45, 2.75) is 50.3 Å². The summed E-state index contributed by atoms with van der Waals surface area (Å²) >= 11 is 10.4. The third-order valence-corrected chi connectivity index (χ3v) is 7.46. The van der Waals surface area contributed by atoms with E-state index in [-0.39, 0.29) is 6.04 Å². The van der Waals surface area contributed by atoms with E-state index in [1.807, 2.05) is 35.1 Å². The molecule has 1 aromatic heterocycles. The Balaban J connectivity index is 2.17. The molecule has 0 radical (unpaired) electrons. The fraction of sp³-hybridized carbons (Fsp3) is 0.769. The molecule has 2 heterocycles.